The average molecular weight is 381 g/mol. The van der Waals surface area contributed by atoms with Crippen molar-refractivity contribution in [2.24, 2.45) is 0 Å². The third-order valence-corrected chi connectivity index (χ3v) is 5.43. The molecule has 1 aliphatic heterocycles. The summed E-state index contributed by atoms with van der Waals surface area (Å²) in [5, 5.41) is 13.0. The molecule has 3 rings (SSSR count). The minimum Gasteiger partial charge on any atom is -0.467 e. The van der Waals surface area contributed by atoms with Crippen molar-refractivity contribution in [1.29, 1.82) is 0 Å². The molecule has 0 saturated carbocycles. The number of thioether (sulfide) groups is 1. The molecule has 0 spiro atoms. The highest BCUT2D eigenvalue weighted by atomic mass is 32.2. The number of hydrogen-bond acceptors (Lipinski definition) is 8. The molecule has 1 aromatic carbocycles. The van der Waals surface area contributed by atoms with Crippen LogP contribution in [0.2, 0.25) is 0 Å². The van der Waals surface area contributed by atoms with Gasteiger partial charge in [-0.25, -0.2) is 0 Å². The van der Waals surface area contributed by atoms with Crippen LogP contribution in [0.5, 0.6) is 5.75 Å². The molecule has 0 amide bonds. The Kier molecular flexibility index (Phi) is 5.90. The average Bonchev–Trinajstić information content (AvgIpc) is 3.12. The molecule has 9 heteroatoms. The fraction of sp³-hybridized carbons (Fsp3) is 0.312. The Balaban J connectivity index is 1.59. The molecular formula is C16H15NO6S2. The predicted molar refractivity (Wildman–Crippen MR) is 93.7 cm³/mol. The Labute approximate surface area is 152 Å². The number of thiophene rings is 1. The molecule has 25 heavy (non-hydrogen) atoms. The molecule has 1 aromatic heterocycles. The van der Waals surface area contributed by atoms with Gasteiger partial charge in [0.2, 0.25) is 0 Å². The molecule has 0 radical (unpaired) electrons. The monoisotopic (exact) mass is 381 g/mol. The van der Waals surface area contributed by atoms with Gasteiger partial charge < -0.3 is 14.2 Å². The standard InChI is InChI=1S/C16H15NO6S2/c18-15(9-24-8-14-2-1-3-25-14)22-7-12-5-13(17(19)20)4-11-6-21-10-23-16(11)12/h1-5H,6-10H2. The number of ether oxygens (including phenoxy) is 3. The zero-order chi connectivity index (χ0) is 17.6. The SMILES string of the molecule is O=C(CSCc1cccs1)OCc1cc([N+](=O)[O-])cc2c1OCOC2. The van der Waals surface area contributed by atoms with Crippen LogP contribution in [-0.2, 0) is 33.2 Å². The fourth-order valence-electron chi connectivity index (χ4n) is 2.32. The molecule has 0 N–H and O–H groups in total. The van der Waals surface area contributed by atoms with Crippen molar-refractivity contribution in [2.45, 2.75) is 19.0 Å². The molecular weight excluding hydrogens is 366 g/mol. The van der Waals surface area contributed by atoms with Gasteiger partial charge in [0.05, 0.1) is 17.3 Å². The van der Waals surface area contributed by atoms with E-state index in [0.717, 1.165) is 5.75 Å². The molecule has 2 heterocycles. The van der Waals surface area contributed by atoms with Crippen molar-refractivity contribution in [1.82, 2.24) is 0 Å². The van der Waals surface area contributed by atoms with Crippen molar-refractivity contribution < 1.29 is 23.9 Å². The third kappa shape index (κ3) is 4.71. The number of benzene rings is 1. The highest BCUT2D eigenvalue weighted by Crippen LogP contribution is 2.33. The molecule has 2 aromatic rings. The number of carbonyl (C=O) groups is 1. The highest BCUT2D eigenvalue weighted by molar-refractivity contribution is 7.99. The lowest BCUT2D eigenvalue weighted by atomic mass is 10.1. The number of nitro groups is 1. The van der Waals surface area contributed by atoms with Crippen LogP contribution in [0.25, 0.3) is 0 Å². The van der Waals surface area contributed by atoms with E-state index >= 15 is 0 Å². The van der Waals surface area contributed by atoms with Crippen LogP contribution in [-0.4, -0.2) is 23.4 Å². The summed E-state index contributed by atoms with van der Waals surface area (Å²) >= 11 is 3.11. The zero-order valence-electron chi connectivity index (χ0n) is 13.1. The number of hydrogen-bond donors (Lipinski definition) is 0. The van der Waals surface area contributed by atoms with E-state index in [1.165, 1.54) is 28.8 Å². The minimum absolute atomic E-state index is 0.0671. The molecule has 0 atom stereocenters. The number of nitrogens with zero attached hydrogens (tertiary/aromatic N) is 1. The Morgan fingerprint density at radius 3 is 3.08 bits per heavy atom. The van der Waals surface area contributed by atoms with Gasteiger partial charge in [0, 0.05) is 33.9 Å². The van der Waals surface area contributed by atoms with E-state index < -0.39 is 4.92 Å². The quantitative estimate of drug-likeness (QED) is 0.412. The van der Waals surface area contributed by atoms with E-state index in [2.05, 4.69) is 0 Å². The van der Waals surface area contributed by atoms with E-state index in [1.54, 1.807) is 11.3 Å². The summed E-state index contributed by atoms with van der Waals surface area (Å²) < 4.78 is 15.8. The molecule has 0 fully saturated rings. The van der Waals surface area contributed by atoms with Gasteiger partial charge in [-0.3, -0.25) is 14.9 Å². The molecule has 0 bridgehead atoms. The molecule has 0 saturated heterocycles. The highest BCUT2D eigenvalue weighted by Gasteiger charge is 2.21. The Hall–Kier alpha value is -2.10. The summed E-state index contributed by atoms with van der Waals surface area (Å²) in [6, 6.07) is 6.76. The first-order valence-corrected chi connectivity index (χ1v) is 9.43. The lowest BCUT2D eigenvalue weighted by Crippen LogP contribution is -2.15. The van der Waals surface area contributed by atoms with Crippen molar-refractivity contribution in [3.05, 3.63) is 55.8 Å². The summed E-state index contributed by atoms with van der Waals surface area (Å²) in [5.74, 6) is 1.10. The van der Waals surface area contributed by atoms with Gasteiger partial charge in [0.25, 0.3) is 5.69 Å². The molecule has 7 nitrogen and oxygen atoms in total. The number of non-ortho nitro benzene ring substituents is 1. The lowest BCUT2D eigenvalue weighted by molar-refractivity contribution is -0.385. The van der Waals surface area contributed by atoms with Gasteiger partial charge in [-0.05, 0) is 11.4 Å². The maximum absolute atomic E-state index is 11.9. The zero-order valence-corrected chi connectivity index (χ0v) is 14.8. The number of rotatable bonds is 7. The van der Waals surface area contributed by atoms with Crippen molar-refractivity contribution in [3.8, 4) is 5.75 Å². The third-order valence-electron chi connectivity index (χ3n) is 3.42. The second-order valence-corrected chi connectivity index (χ2v) is 7.21. The first-order chi connectivity index (χ1) is 12.1. The van der Waals surface area contributed by atoms with Crippen LogP contribution in [0, 0.1) is 10.1 Å². The first kappa shape index (κ1) is 17.7. The molecule has 132 valence electrons. The van der Waals surface area contributed by atoms with E-state index in [9.17, 15) is 14.9 Å². The van der Waals surface area contributed by atoms with E-state index in [0.29, 0.717) is 16.9 Å². The normalized spacial score (nSPS) is 13.0. The number of carbonyl (C=O) groups excluding carboxylic acids is 1. The maximum atomic E-state index is 11.9. The summed E-state index contributed by atoms with van der Waals surface area (Å²) in [6.45, 7) is 0.236. The van der Waals surface area contributed by atoms with Crippen molar-refractivity contribution in [2.75, 3.05) is 12.5 Å². The van der Waals surface area contributed by atoms with Crippen molar-refractivity contribution >= 4 is 34.8 Å². The van der Waals surface area contributed by atoms with Gasteiger partial charge in [0.1, 0.15) is 12.4 Å². The molecule has 0 unspecified atom stereocenters. The largest absolute Gasteiger partial charge is 0.467 e. The van der Waals surface area contributed by atoms with Gasteiger partial charge in [0.15, 0.2) is 6.79 Å². The summed E-state index contributed by atoms with van der Waals surface area (Å²) in [7, 11) is 0. The maximum Gasteiger partial charge on any atom is 0.316 e. The van der Waals surface area contributed by atoms with Crippen molar-refractivity contribution in [3.63, 3.8) is 0 Å². The molecule has 1 aliphatic rings. The Morgan fingerprint density at radius 2 is 2.32 bits per heavy atom. The number of esters is 1. The van der Waals surface area contributed by atoms with Crippen LogP contribution in [0.4, 0.5) is 5.69 Å². The fourth-order valence-corrected chi connectivity index (χ4v) is 3.98. The van der Waals surface area contributed by atoms with Gasteiger partial charge >= 0.3 is 5.97 Å². The lowest BCUT2D eigenvalue weighted by Gasteiger charge is -2.20. The van der Waals surface area contributed by atoms with E-state index in [4.69, 9.17) is 14.2 Å². The predicted octanol–water partition coefficient (Wildman–Crippen LogP) is 3.50. The summed E-state index contributed by atoms with van der Waals surface area (Å²) in [4.78, 5) is 23.6. The smallest absolute Gasteiger partial charge is 0.316 e. The van der Waals surface area contributed by atoms with E-state index in [-0.39, 0.29) is 37.4 Å². The second-order valence-electron chi connectivity index (χ2n) is 5.19. The van der Waals surface area contributed by atoms with Crippen LogP contribution in [0.3, 0.4) is 0 Å². The molecule has 0 aliphatic carbocycles. The van der Waals surface area contributed by atoms with Gasteiger partial charge in [-0.1, -0.05) is 6.07 Å². The number of fused-ring (bicyclic) bond motifs is 1. The summed E-state index contributed by atoms with van der Waals surface area (Å²) in [6.07, 6.45) is 0. The first-order valence-electron chi connectivity index (χ1n) is 7.40. The van der Waals surface area contributed by atoms with Crippen LogP contribution < -0.4 is 4.74 Å². The topological polar surface area (TPSA) is 87.9 Å². The number of nitro benzene ring substituents is 1. The summed E-state index contributed by atoms with van der Waals surface area (Å²) in [5.41, 5.74) is 0.980. The van der Waals surface area contributed by atoms with Crippen LogP contribution >= 0.6 is 23.1 Å². The Morgan fingerprint density at radius 1 is 1.44 bits per heavy atom. The van der Waals surface area contributed by atoms with Crippen LogP contribution in [0.15, 0.2) is 29.6 Å². The minimum atomic E-state index is -0.489. The second kappa shape index (κ2) is 8.32. The van der Waals surface area contributed by atoms with Gasteiger partial charge in [-0.2, -0.15) is 0 Å². The van der Waals surface area contributed by atoms with Gasteiger partial charge in [-0.15, -0.1) is 23.1 Å². The van der Waals surface area contributed by atoms with Crippen LogP contribution in [0.1, 0.15) is 16.0 Å². The Bertz CT molecular complexity index is 762. The van der Waals surface area contributed by atoms with E-state index in [1.807, 2.05) is 17.5 Å².